The van der Waals surface area contributed by atoms with Gasteiger partial charge in [0.1, 0.15) is 23.4 Å². The van der Waals surface area contributed by atoms with E-state index in [1.165, 1.54) is 0 Å². The summed E-state index contributed by atoms with van der Waals surface area (Å²) in [5, 5.41) is 20.0. The summed E-state index contributed by atoms with van der Waals surface area (Å²) in [4.78, 5) is 0. The lowest BCUT2D eigenvalue weighted by Crippen LogP contribution is -2.50. The standard InChI is InChI=1S/C10H18O4/c1-3-9(12)6-14-10(4-2)7(11)5-13-8(9)10/h7-8,11-12H,3-6H2,1-2H3/t7-,8+,9+,10+/m0/s1. The zero-order valence-electron chi connectivity index (χ0n) is 8.69. The molecule has 2 N–H and O–H groups in total. The molecule has 4 nitrogen and oxygen atoms in total. The summed E-state index contributed by atoms with van der Waals surface area (Å²) < 4.78 is 11.1. The monoisotopic (exact) mass is 202 g/mol. The van der Waals surface area contributed by atoms with Gasteiger partial charge in [-0.2, -0.15) is 0 Å². The van der Waals surface area contributed by atoms with Crippen LogP contribution in [0.4, 0.5) is 0 Å². The minimum absolute atomic E-state index is 0.263. The third kappa shape index (κ3) is 1.08. The van der Waals surface area contributed by atoms with Gasteiger partial charge in [0.25, 0.3) is 0 Å². The van der Waals surface area contributed by atoms with Gasteiger partial charge in [-0.3, -0.25) is 0 Å². The van der Waals surface area contributed by atoms with Crippen molar-refractivity contribution < 1.29 is 19.7 Å². The van der Waals surface area contributed by atoms with Crippen molar-refractivity contribution in [2.75, 3.05) is 13.2 Å². The molecular formula is C10H18O4. The topological polar surface area (TPSA) is 58.9 Å². The van der Waals surface area contributed by atoms with E-state index < -0.39 is 17.3 Å². The molecule has 82 valence electrons. The second-order valence-electron chi connectivity index (χ2n) is 4.28. The average molecular weight is 202 g/mol. The number of aliphatic hydroxyl groups is 2. The highest BCUT2D eigenvalue weighted by Gasteiger charge is 2.64. The number of fused-ring (bicyclic) bond motifs is 1. The predicted octanol–water partition coefficient (Wildman–Crippen LogP) is 0.0662. The first kappa shape index (κ1) is 10.4. The Labute approximate surface area is 83.8 Å². The summed E-state index contributed by atoms with van der Waals surface area (Å²) in [5.41, 5.74) is -1.60. The molecule has 4 atom stereocenters. The fraction of sp³-hybridized carbons (Fsp3) is 1.00. The molecule has 0 radical (unpaired) electrons. The fourth-order valence-electron chi connectivity index (χ4n) is 2.57. The SMILES string of the molecule is CC[C@@]1(O)CO[C@@]2(CC)[C@@H]1OC[C@@H]2O. The molecular weight excluding hydrogens is 184 g/mol. The van der Waals surface area contributed by atoms with Crippen LogP contribution in [0.15, 0.2) is 0 Å². The third-order valence-electron chi connectivity index (χ3n) is 3.67. The summed E-state index contributed by atoms with van der Waals surface area (Å²) >= 11 is 0. The van der Waals surface area contributed by atoms with E-state index in [1.807, 2.05) is 13.8 Å². The zero-order chi connectivity index (χ0) is 10.4. The van der Waals surface area contributed by atoms with Crippen molar-refractivity contribution >= 4 is 0 Å². The van der Waals surface area contributed by atoms with Gasteiger partial charge in [-0.05, 0) is 12.8 Å². The van der Waals surface area contributed by atoms with Gasteiger partial charge >= 0.3 is 0 Å². The van der Waals surface area contributed by atoms with E-state index in [9.17, 15) is 10.2 Å². The molecule has 0 aromatic rings. The maximum atomic E-state index is 10.2. The van der Waals surface area contributed by atoms with Crippen molar-refractivity contribution in [1.29, 1.82) is 0 Å². The third-order valence-corrected chi connectivity index (χ3v) is 3.67. The first-order valence-electron chi connectivity index (χ1n) is 5.25. The molecule has 2 saturated heterocycles. The smallest absolute Gasteiger partial charge is 0.125 e. The Balaban J connectivity index is 2.30. The summed E-state index contributed by atoms with van der Waals surface area (Å²) in [5.74, 6) is 0. The molecule has 0 amide bonds. The van der Waals surface area contributed by atoms with Crippen LogP contribution in [0, 0.1) is 0 Å². The number of rotatable bonds is 2. The highest BCUT2D eigenvalue weighted by molar-refractivity contribution is 5.12. The highest BCUT2D eigenvalue weighted by atomic mass is 16.6. The lowest BCUT2D eigenvalue weighted by atomic mass is 9.82. The van der Waals surface area contributed by atoms with Crippen molar-refractivity contribution in [3.05, 3.63) is 0 Å². The maximum absolute atomic E-state index is 10.2. The molecule has 0 aromatic heterocycles. The largest absolute Gasteiger partial charge is 0.388 e. The van der Waals surface area contributed by atoms with Crippen LogP contribution in [0.1, 0.15) is 26.7 Å². The Hall–Kier alpha value is -0.160. The molecule has 0 spiro atoms. The van der Waals surface area contributed by atoms with Gasteiger partial charge in [0.2, 0.25) is 0 Å². The van der Waals surface area contributed by atoms with Crippen molar-refractivity contribution in [3.63, 3.8) is 0 Å². The zero-order valence-corrected chi connectivity index (χ0v) is 8.69. The van der Waals surface area contributed by atoms with Gasteiger partial charge in [-0.15, -0.1) is 0 Å². The molecule has 0 aromatic carbocycles. The minimum atomic E-state index is -0.923. The summed E-state index contributed by atoms with van der Waals surface area (Å²) in [6, 6.07) is 0. The Morgan fingerprint density at radius 3 is 2.64 bits per heavy atom. The van der Waals surface area contributed by atoms with Gasteiger partial charge in [-0.25, -0.2) is 0 Å². The Bertz CT molecular complexity index is 232. The quantitative estimate of drug-likeness (QED) is 0.665. The molecule has 2 aliphatic heterocycles. The molecule has 0 aliphatic carbocycles. The van der Waals surface area contributed by atoms with E-state index in [4.69, 9.17) is 9.47 Å². The van der Waals surface area contributed by atoms with Crippen LogP contribution in [0.5, 0.6) is 0 Å². The van der Waals surface area contributed by atoms with Crippen LogP contribution in [0.2, 0.25) is 0 Å². The van der Waals surface area contributed by atoms with Crippen LogP contribution < -0.4 is 0 Å². The van der Waals surface area contributed by atoms with Gasteiger partial charge in [0.05, 0.1) is 13.2 Å². The van der Waals surface area contributed by atoms with E-state index in [0.717, 1.165) is 0 Å². The van der Waals surface area contributed by atoms with E-state index in [0.29, 0.717) is 12.8 Å². The molecule has 2 heterocycles. The molecule has 2 fully saturated rings. The average Bonchev–Trinajstić information content (AvgIpc) is 2.67. The lowest BCUT2D eigenvalue weighted by Gasteiger charge is -2.31. The minimum Gasteiger partial charge on any atom is -0.388 e. The van der Waals surface area contributed by atoms with Gasteiger partial charge in [0.15, 0.2) is 0 Å². The summed E-state index contributed by atoms with van der Waals surface area (Å²) in [6.07, 6.45) is 0.269. The fourth-order valence-corrected chi connectivity index (χ4v) is 2.57. The van der Waals surface area contributed by atoms with Crippen molar-refractivity contribution in [3.8, 4) is 0 Å². The van der Waals surface area contributed by atoms with Gasteiger partial charge in [-0.1, -0.05) is 13.8 Å². The molecule has 14 heavy (non-hydrogen) atoms. The van der Waals surface area contributed by atoms with E-state index in [1.54, 1.807) is 0 Å². The first-order chi connectivity index (χ1) is 6.59. The van der Waals surface area contributed by atoms with Crippen molar-refractivity contribution in [2.45, 2.75) is 50.1 Å². The summed E-state index contributed by atoms with van der Waals surface area (Å²) in [6.45, 7) is 4.38. The lowest BCUT2D eigenvalue weighted by molar-refractivity contribution is -0.0792. The number of aliphatic hydroxyl groups excluding tert-OH is 1. The molecule has 0 saturated carbocycles. The summed E-state index contributed by atoms with van der Waals surface area (Å²) in [7, 11) is 0. The number of hydrogen-bond acceptors (Lipinski definition) is 4. The first-order valence-corrected chi connectivity index (χ1v) is 5.25. The Morgan fingerprint density at radius 2 is 2.07 bits per heavy atom. The van der Waals surface area contributed by atoms with Crippen LogP contribution in [0.3, 0.4) is 0 Å². The number of ether oxygens (including phenoxy) is 2. The molecule has 2 aliphatic rings. The van der Waals surface area contributed by atoms with Crippen LogP contribution >= 0.6 is 0 Å². The van der Waals surface area contributed by atoms with Crippen molar-refractivity contribution in [1.82, 2.24) is 0 Å². The van der Waals surface area contributed by atoms with E-state index in [2.05, 4.69) is 0 Å². The van der Waals surface area contributed by atoms with Crippen LogP contribution in [0.25, 0.3) is 0 Å². The molecule has 0 bridgehead atoms. The van der Waals surface area contributed by atoms with Gasteiger partial charge in [0, 0.05) is 0 Å². The number of hydrogen-bond donors (Lipinski definition) is 2. The second kappa shape index (κ2) is 3.17. The Kier molecular flexibility index (Phi) is 2.34. The second-order valence-corrected chi connectivity index (χ2v) is 4.28. The predicted molar refractivity (Wildman–Crippen MR) is 50.0 cm³/mol. The highest BCUT2D eigenvalue weighted by Crippen LogP contribution is 2.45. The Morgan fingerprint density at radius 1 is 1.36 bits per heavy atom. The molecule has 0 unspecified atom stereocenters. The maximum Gasteiger partial charge on any atom is 0.125 e. The van der Waals surface area contributed by atoms with Gasteiger partial charge < -0.3 is 19.7 Å². The van der Waals surface area contributed by atoms with Crippen molar-refractivity contribution in [2.24, 2.45) is 0 Å². The normalized spacial score (nSPS) is 52.3. The van der Waals surface area contributed by atoms with E-state index >= 15 is 0 Å². The van der Waals surface area contributed by atoms with Crippen LogP contribution in [-0.4, -0.2) is 46.8 Å². The molecule has 2 rings (SSSR count). The van der Waals surface area contributed by atoms with Crippen LogP contribution in [-0.2, 0) is 9.47 Å². The molecule has 4 heteroatoms. The van der Waals surface area contributed by atoms with E-state index in [-0.39, 0.29) is 19.3 Å².